The maximum atomic E-state index is 13.0. The van der Waals surface area contributed by atoms with Crippen molar-refractivity contribution < 1.29 is 4.79 Å². The van der Waals surface area contributed by atoms with Crippen LogP contribution in [0, 0.1) is 0 Å². The third-order valence-electron chi connectivity index (χ3n) is 4.42. The van der Waals surface area contributed by atoms with Crippen molar-refractivity contribution in [3.8, 4) is 0 Å². The van der Waals surface area contributed by atoms with Gasteiger partial charge in [-0.2, -0.15) is 0 Å². The summed E-state index contributed by atoms with van der Waals surface area (Å²) in [7, 11) is 0. The van der Waals surface area contributed by atoms with E-state index in [-0.39, 0.29) is 5.91 Å². The number of hydrogen-bond acceptors (Lipinski definition) is 2. The standard InChI is InChI=1S/C18H16BrClN2OS/c19-14-11-24-16-9-15(18(23)21-6-1-2-7-21)22(17(14)16)10-12-4-3-5-13(20)8-12/h3-5,8-9,11H,1-2,6-7,10H2. The van der Waals surface area contributed by atoms with Gasteiger partial charge in [0.1, 0.15) is 5.69 Å². The summed E-state index contributed by atoms with van der Waals surface area (Å²) in [6.07, 6.45) is 2.19. The van der Waals surface area contributed by atoms with Crippen LogP contribution in [0.2, 0.25) is 5.02 Å². The molecule has 3 heterocycles. The molecule has 0 atom stereocenters. The van der Waals surface area contributed by atoms with Crippen LogP contribution in [0.5, 0.6) is 0 Å². The minimum atomic E-state index is 0.129. The first kappa shape index (κ1) is 16.2. The number of amides is 1. The molecule has 6 heteroatoms. The van der Waals surface area contributed by atoms with Gasteiger partial charge in [0.25, 0.3) is 5.91 Å². The van der Waals surface area contributed by atoms with Crippen LogP contribution in [-0.4, -0.2) is 28.5 Å². The quantitative estimate of drug-likeness (QED) is 0.553. The Bertz CT molecular complexity index is 911. The Kier molecular flexibility index (Phi) is 4.41. The molecule has 0 radical (unpaired) electrons. The lowest BCUT2D eigenvalue weighted by molar-refractivity contribution is 0.0783. The van der Waals surface area contributed by atoms with Crippen molar-refractivity contribution in [3.63, 3.8) is 0 Å². The van der Waals surface area contributed by atoms with E-state index < -0.39 is 0 Å². The molecule has 1 amide bonds. The van der Waals surface area contributed by atoms with Gasteiger partial charge in [0.05, 0.1) is 14.7 Å². The summed E-state index contributed by atoms with van der Waals surface area (Å²) in [6.45, 7) is 2.35. The molecule has 2 aromatic heterocycles. The van der Waals surface area contributed by atoms with E-state index in [2.05, 4.69) is 25.9 Å². The largest absolute Gasteiger partial charge is 0.337 e. The lowest BCUT2D eigenvalue weighted by Crippen LogP contribution is -2.29. The second-order valence-corrected chi connectivity index (χ2v) is 8.24. The summed E-state index contributed by atoms with van der Waals surface area (Å²) < 4.78 is 4.28. The van der Waals surface area contributed by atoms with Gasteiger partial charge in [-0.1, -0.05) is 23.7 Å². The zero-order valence-electron chi connectivity index (χ0n) is 13.0. The molecule has 1 aliphatic rings. The molecule has 0 N–H and O–H groups in total. The summed E-state index contributed by atoms with van der Waals surface area (Å²) in [4.78, 5) is 14.9. The second-order valence-electron chi connectivity index (χ2n) is 6.04. The highest BCUT2D eigenvalue weighted by Crippen LogP contribution is 2.34. The Morgan fingerprint density at radius 1 is 1.25 bits per heavy atom. The molecule has 4 rings (SSSR count). The van der Waals surface area contributed by atoms with Gasteiger partial charge >= 0.3 is 0 Å². The van der Waals surface area contributed by atoms with Crippen molar-refractivity contribution in [2.75, 3.05) is 13.1 Å². The first-order valence-corrected chi connectivity index (χ1v) is 9.98. The molecule has 0 unspecified atom stereocenters. The van der Waals surface area contributed by atoms with Crippen molar-refractivity contribution in [1.82, 2.24) is 9.47 Å². The predicted molar refractivity (Wildman–Crippen MR) is 103 cm³/mol. The van der Waals surface area contributed by atoms with E-state index in [0.717, 1.165) is 51.9 Å². The number of hydrogen-bond donors (Lipinski definition) is 0. The zero-order valence-corrected chi connectivity index (χ0v) is 16.1. The van der Waals surface area contributed by atoms with Crippen molar-refractivity contribution in [2.24, 2.45) is 0 Å². The first-order chi connectivity index (χ1) is 11.6. The van der Waals surface area contributed by atoms with Gasteiger partial charge in [0.15, 0.2) is 0 Å². The molecular weight excluding hydrogens is 408 g/mol. The number of rotatable bonds is 3. The number of fused-ring (bicyclic) bond motifs is 1. The van der Waals surface area contributed by atoms with Crippen LogP contribution < -0.4 is 0 Å². The Morgan fingerprint density at radius 2 is 2.04 bits per heavy atom. The van der Waals surface area contributed by atoms with Crippen LogP contribution >= 0.6 is 38.9 Å². The SMILES string of the molecule is O=C(c1cc2scc(Br)c2n1Cc1cccc(Cl)c1)N1CCCC1. The Hall–Kier alpha value is -1.30. The molecule has 0 aliphatic carbocycles. The number of thiophene rings is 1. The fourth-order valence-corrected chi connectivity index (χ4v) is 5.18. The van der Waals surface area contributed by atoms with E-state index in [1.54, 1.807) is 11.3 Å². The minimum Gasteiger partial charge on any atom is -0.337 e. The molecule has 3 aromatic rings. The lowest BCUT2D eigenvalue weighted by Gasteiger charge is -2.17. The van der Waals surface area contributed by atoms with Crippen LogP contribution in [0.4, 0.5) is 0 Å². The number of carbonyl (C=O) groups is 1. The van der Waals surface area contributed by atoms with Crippen molar-refractivity contribution in [1.29, 1.82) is 0 Å². The number of carbonyl (C=O) groups excluding carboxylic acids is 1. The second kappa shape index (κ2) is 6.54. The van der Waals surface area contributed by atoms with E-state index in [1.807, 2.05) is 35.2 Å². The number of benzene rings is 1. The average Bonchev–Trinajstić information content (AvgIpc) is 3.27. The summed E-state index contributed by atoms with van der Waals surface area (Å²) in [5.74, 6) is 0.129. The van der Waals surface area contributed by atoms with Crippen molar-refractivity contribution in [3.05, 3.63) is 56.5 Å². The number of halogens is 2. The highest BCUT2D eigenvalue weighted by Gasteiger charge is 2.25. The van der Waals surface area contributed by atoms with Crippen molar-refractivity contribution in [2.45, 2.75) is 19.4 Å². The van der Waals surface area contributed by atoms with Crippen LogP contribution in [0.1, 0.15) is 28.9 Å². The topological polar surface area (TPSA) is 25.2 Å². The van der Waals surface area contributed by atoms with E-state index >= 15 is 0 Å². The van der Waals surface area contributed by atoms with Crippen LogP contribution in [0.3, 0.4) is 0 Å². The summed E-state index contributed by atoms with van der Waals surface area (Å²) in [5, 5.41) is 2.79. The maximum Gasteiger partial charge on any atom is 0.270 e. The fourth-order valence-electron chi connectivity index (χ4n) is 3.27. The first-order valence-electron chi connectivity index (χ1n) is 7.93. The molecule has 124 valence electrons. The van der Waals surface area contributed by atoms with Gasteiger partial charge in [-0.25, -0.2) is 0 Å². The van der Waals surface area contributed by atoms with Crippen LogP contribution in [0.25, 0.3) is 10.2 Å². The van der Waals surface area contributed by atoms with Gasteiger partial charge < -0.3 is 9.47 Å². The Balaban J connectivity index is 1.80. The highest BCUT2D eigenvalue weighted by atomic mass is 79.9. The molecule has 1 fully saturated rings. The minimum absolute atomic E-state index is 0.129. The average molecular weight is 424 g/mol. The highest BCUT2D eigenvalue weighted by molar-refractivity contribution is 9.10. The predicted octanol–water partition coefficient (Wildman–Crippen LogP) is 5.40. The van der Waals surface area contributed by atoms with Gasteiger partial charge in [-0.05, 0) is 52.5 Å². The Labute approximate surface area is 158 Å². The third kappa shape index (κ3) is 2.89. The fraction of sp³-hybridized carbons (Fsp3) is 0.278. The zero-order chi connectivity index (χ0) is 16.7. The van der Waals surface area contributed by atoms with Crippen LogP contribution in [0.15, 0.2) is 40.2 Å². The van der Waals surface area contributed by atoms with Crippen molar-refractivity contribution >= 4 is 55.0 Å². The van der Waals surface area contributed by atoms with Gasteiger partial charge in [0, 0.05) is 30.0 Å². The monoisotopic (exact) mass is 422 g/mol. The molecule has 1 saturated heterocycles. The maximum absolute atomic E-state index is 13.0. The molecule has 24 heavy (non-hydrogen) atoms. The molecule has 3 nitrogen and oxygen atoms in total. The van der Waals surface area contributed by atoms with E-state index in [0.29, 0.717) is 11.6 Å². The molecular formula is C18H16BrClN2OS. The van der Waals surface area contributed by atoms with Gasteiger partial charge in [0.2, 0.25) is 0 Å². The number of nitrogens with zero attached hydrogens (tertiary/aromatic N) is 2. The molecule has 0 saturated carbocycles. The number of aromatic nitrogens is 1. The summed E-state index contributed by atoms with van der Waals surface area (Å²) in [6, 6.07) is 9.84. The summed E-state index contributed by atoms with van der Waals surface area (Å²) >= 11 is 11.4. The van der Waals surface area contributed by atoms with E-state index in [4.69, 9.17) is 11.6 Å². The van der Waals surface area contributed by atoms with Gasteiger partial charge in [-0.15, -0.1) is 11.3 Å². The van der Waals surface area contributed by atoms with E-state index in [9.17, 15) is 4.79 Å². The molecule has 0 spiro atoms. The molecule has 1 aromatic carbocycles. The molecule has 1 aliphatic heterocycles. The summed E-state index contributed by atoms with van der Waals surface area (Å²) in [5.41, 5.74) is 2.94. The van der Waals surface area contributed by atoms with Gasteiger partial charge in [-0.3, -0.25) is 4.79 Å². The lowest BCUT2D eigenvalue weighted by atomic mass is 10.2. The Morgan fingerprint density at radius 3 is 2.79 bits per heavy atom. The molecule has 0 bridgehead atoms. The van der Waals surface area contributed by atoms with E-state index in [1.165, 1.54) is 0 Å². The normalized spacial score (nSPS) is 14.7. The number of likely N-dealkylation sites (tertiary alicyclic amines) is 1. The smallest absolute Gasteiger partial charge is 0.270 e. The van der Waals surface area contributed by atoms with Crippen LogP contribution in [-0.2, 0) is 6.54 Å². The third-order valence-corrected chi connectivity index (χ3v) is 6.48.